The SMILES string of the molecule is CCN1C(=O)C(Cl)C[C-]=C1c1ccc(OCCOC)cc1C.[Y]. The van der Waals surface area contributed by atoms with Crippen LogP contribution >= 0.6 is 11.6 Å². The standard InChI is InChI=1S/C17H21ClNO3.Y/c1-4-19-16(8-7-15(18)17(19)20)14-6-5-13(11-12(14)2)22-10-9-21-3;/h5-6,11,15H,4,7,9-10H2,1-3H3;/q-1;. The Morgan fingerprint density at radius 3 is 2.74 bits per heavy atom. The molecule has 123 valence electrons. The van der Waals surface area contributed by atoms with E-state index in [1.807, 2.05) is 32.0 Å². The normalized spacial score (nSPS) is 17.6. The predicted octanol–water partition coefficient (Wildman–Crippen LogP) is 3.02. The second-order valence-corrected chi connectivity index (χ2v) is 5.62. The molecule has 0 aliphatic carbocycles. The minimum Gasteiger partial charge on any atom is -0.491 e. The molecule has 2 rings (SSSR count). The van der Waals surface area contributed by atoms with E-state index in [1.165, 1.54) is 0 Å². The Bertz CT molecular complexity index is 577. The van der Waals surface area contributed by atoms with E-state index in [1.54, 1.807) is 12.0 Å². The van der Waals surface area contributed by atoms with Crippen LogP contribution < -0.4 is 4.74 Å². The summed E-state index contributed by atoms with van der Waals surface area (Å²) in [6.07, 6.45) is 3.70. The molecule has 0 fully saturated rings. The van der Waals surface area contributed by atoms with E-state index in [4.69, 9.17) is 21.1 Å². The summed E-state index contributed by atoms with van der Waals surface area (Å²) in [4.78, 5) is 13.9. The van der Waals surface area contributed by atoms with E-state index >= 15 is 0 Å². The van der Waals surface area contributed by atoms with E-state index in [9.17, 15) is 4.79 Å². The summed E-state index contributed by atoms with van der Waals surface area (Å²) < 4.78 is 10.6. The third kappa shape index (κ3) is 5.03. The Labute approximate surface area is 168 Å². The zero-order valence-corrected chi connectivity index (χ0v) is 17.4. The number of hydrogen-bond donors (Lipinski definition) is 0. The number of aryl methyl sites for hydroxylation is 1. The van der Waals surface area contributed by atoms with Crippen molar-refractivity contribution in [1.29, 1.82) is 0 Å². The van der Waals surface area contributed by atoms with Gasteiger partial charge in [-0.3, -0.25) is 4.79 Å². The van der Waals surface area contributed by atoms with Crippen molar-refractivity contribution >= 4 is 23.2 Å². The first-order chi connectivity index (χ1) is 10.6. The molecule has 0 saturated carbocycles. The molecule has 1 heterocycles. The number of methoxy groups -OCH3 is 1. The van der Waals surface area contributed by atoms with Gasteiger partial charge in [0, 0.05) is 46.4 Å². The van der Waals surface area contributed by atoms with Gasteiger partial charge < -0.3 is 14.4 Å². The molecular formula is C17H21ClNO3Y-. The first-order valence-electron chi connectivity index (χ1n) is 7.37. The molecule has 6 heteroatoms. The van der Waals surface area contributed by atoms with E-state index in [0.717, 1.165) is 22.6 Å². The van der Waals surface area contributed by atoms with Crippen LogP contribution in [0.1, 0.15) is 24.5 Å². The molecule has 0 aromatic heterocycles. The Hall–Kier alpha value is -0.416. The van der Waals surface area contributed by atoms with Gasteiger partial charge in [0.15, 0.2) is 0 Å². The van der Waals surface area contributed by atoms with Gasteiger partial charge in [0.25, 0.3) is 0 Å². The number of halogens is 1. The molecule has 0 N–H and O–H groups in total. The molecule has 1 aromatic rings. The number of alkyl halides is 1. The zero-order valence-electron chi connectivity index (χ0n) is 13.8. The molecular weight excluding hydrogens is 391 g/mol. The van der Waals surface area contributed by atoms with Crippen LogP contribution in [-0.4, -0.2) is 43.1 Å². The second-order valence-electron chi connectivity index (χ2n) is 5.10. The summed E-state index contributed by atoms with van der Waals surface area (Å²) >= 11 is 6.03. The molecule has 1 aliphatic rings. The molecule has 1 unspecified atom stereocenters. The van der Waals surface area contributed by atoms with E-state index in [-0.39, 0.29) is 38.6 Å². The molecule has 0 bridgehead atoms. The van der Waals surface area contributed by atoms with Gasteiger partial charge in [-0.25, -0.2) is 6.08 Å². The number of carbonyl (C=O) groups excluding carboxylic acids is 1. The van der Waals surface area contributed by atoms with Gasteiger partial charge in [-0.05, 0) is 19.1 Å². The minimum atomic E-state index is -0.513. The number of carbonyl (C=O) groups is 1. The van der Waals surface area contributed by atoms with Crippen molar-refractivity contribution in [1.82, 2.24) is 4.90 Å². The minimum absolute atomic E-state index is 0. The van der Waals surface area contributed by atoms with Crippen LogP contribution in [0, 0.1) is 13.0 Å². The Morgan fingerprint density at radius 2 is 2.13 bits per heavy atom. The van der Waals surface area contributed by atoms with Gasteiger partial charge in [-0.2, -0.15) is 0 Å². The molecule has 0 saturated heterocycles. The largest absolute Gasteiger partial charge is 0.491 e. The van der Waals surface area contributed by atoms with Crippen molar-refractivity contribution in [3.8, 4) is 5.75 Å². The third-order valence-corrected chi connectivity index (χ3v) is 3.92. The van der Waals surface area contributed by atoms with Crippen LogP contribution in [0.15, 0.2) is 18.2 Å². The first kappa shape index (κ1) is 20.6. The van der Waals surface area contributed by atoms with Crippen LogP contribution in [0.5, 0.6) is 5.75 Å². The molecule has 1 radical (unpaired) electrons. The average molecular weight is 412 g/mol. The topological polar surface area (TPSA) is 38.8 Å². The van der Waals surface area contributed by atoms with Crippen LogP contribution in [0.4, 0.5) is 0 Å². The number of allylic oxidation sites excluding steroid dienone is 1. The average Bonchev–Trinajstić information content (AvgIpc) is 2.51. The van der Waals surface area contributed by atoms with E-state index in [2.05, 4.69) is 6.08 Å². The van der Waals surface area contributed by atoms with Crippen LogP contribution in [0.3, 0.4) is 0 Å². The number of ether oxygens (including phenoxy) is 2. The van der Waals surface area contributed by atoms with Gasteiger partial charge in [0.1, 0.15) is 17.7 Å². The fraction of sp³-hybridized carbons (Fsp3) is 0.471. The fourth-order valence-corrected chi connectivity index (χ4v) is 2.63. The van der Waals surface area contributed by atoms with E-state index in [0.29, 0.717) is 26.2 Å². The van der Waals surface area contributed by atoms with Crippen molar-refractivity contribution in [3.63, 3.8) is 0 Å². The number of benzene rings is 1. The molecule has 23 heavy (non-hydrogen) atoms. The molecule has 1 atom stereocenters. The van der Waals surface area contributed by atoms with Crippen LogP contribution in [0.25, 0.3) is 5.70 Å². The summed E-state index contributed by atoms with van der Waals surface area (Å²) in [7, 11) is 1.64. The predicted molar refractivity (Wildman–Crippen MR) is 86.8 cm³/mol. The van der Waals surface area contributed by atoms with Crippen molar-refractivity contribution in [3.05, 3.63) is 35.4 Å². The van der Waals surface area contributed by atoms with Crippen LogP contribution in [0.2, 0.25) is 0 Å². The van der Waals surface area contributed by atoms with Gasteiger partial charge in [0.2, 0.25) is 5.91 Å². The number of rotatable bonds is 6. The van der Waals surface area contributed by atoms with Gasteiger partial charge in [-0.15, -0.1) is 34.5 Å². The Balaban J connectivity index is 0.00000264. The summed E-state index contributed by atoms with van der Waals surface area (Å²) in [6.45, 7) is 5.58. The van der Waals surface area contributed by atoms with Crippen molar-refractivity contribution < 1.29 is 47.0 Å². The molecule has 0 spiro atoms. The maximum Gasteiger partial charge on any atom is 0.241 e. The third-order valence-electron chi connectivity index (χ3n) is 3.58. The first-order valence-corrected chi connectivity index (χ1v) is 7.81. The summed E-state index contributed by atoms with van der Waals surface area (Å²) in [5.41, 5.74) is 2.83. The molecule has 1 aliphatic heterocycles. The monoisotopic (exact) mass is 411 g/mol. The number of amides is 1. The van der Waals surface area contributed by atoms with Crippen molar-refractivity contribution in [2.75, 3.05) is 26.9 Å². The van der Waals surface area contributed by atoms with Gasteiger partial charge >= 0.3 is 0 Å². The summed E-state index contributed by atoms with van der Waals surface area (Å²) in [5, 5.41) is -0.513. The molecule has 1 amide bonds. The maximum atomic E-state index is 12.2. The van der Waals surface area contributed by atoms with Crippen molar-refractivity contribution in [2.24, 2.45) is 0 Å². The smallest absolute Gasteiger partial charge is 0.241 e. The maximum absolute atomic E-state index is 12.2. The van der Waals surface area contributed by atoms with Crippen LogP contribution in [-0.2, 0) is 42.2 Å². The summed E-state index contributed by atoms with van der Waals surface area (Å²) in [5.74, 6) is 0.733. The summed E-state index contributed by atoms with van der Waals surface area (Å²) in [6, 6.07) is 5.83. The van der Waals surface area contributed by atoms with Gasteiger partial charge in [0.05, 0.1) is 6.61 Å². The Kier molecular flexibility index (Phi) is 8.77. The van der Waals surface area contributed by atoms with E-state index < -0.39 is 5.38 Å². The quantitative estimate of drug-likeness (QED) is 0.410. The zero-order chi connectivity index (χ0) is 16.1. The molecule has 4 nitrogen and oxygen atoms in total. The fourth-order valence-electron chi connectivity index (χ4n) is 2.44. The second kappa shape index (κ2) is 9.78. The van der Waals surface area contributed by atoms with Gasteiger partial charge in [-0.1, -0.05) is 13.3 Å². The number of nitrogens with zero attached hydrogens (tertiary/aromatic N) is 1. The number of hydrogen-bond acceptors (Lipinski definition) is 3. The van der Waals surface area contributed by atoms with Crippen molar-refractivity contribution in [2.45, 2.75) is 25.6 Å². The Morgan fingerprint density at radius 1 is 1.39 bits per heavy atom. The molecule has 1 aromatic carbocycles.